The zero-order chi connectivity index (χ0) is 12.1. The molecule has 0 aromatic heterocycles. The van der Waals surface area contributed by atoms with Crippen molar-refractivity contribution in [2.75, 3.05) is 38.7 Å². The van der Waals surface area contributed by atoms with Gasteiger partial charge in [-0.1, -0.05) is 18.2 Å². The van der Waals surface area contributed by atoms with E-state index in [0.717, 1.165) is 26.3 Å². The summed E-state index contributed by atoms with van der Waals surface area (Å²) in [5.74, 6) is 0. The molecule has 2 rings (SSSR count). The van der Waals surface area contributed by atoms with Crippen molar-refractivity contribution >= 4 is 5.69 Å². The molecule has 1 fully saturated rings. The van der Waals surface area contributed by atoms with E-state index >= 15 is 0 Å². The summed E-state index contributed by atoms with van der Waals surface area (Å²) in [7, 11) is 2.18. The number of hydrogen-bond donors (Lipinski definition) is 1. The van der Waals surface area contributed by atoms with E-state index in [-0.39, 0.29) is 0 Å². The fourth-order valence-electron chi connectivity index (χ4n) is 2.19. The van der Waals surface area contributed by atoms with Gasteiger partial charge in [-0.3, -0.25) is 4.90 Å². The summed E-state index contributed by atoms with van der Waals surface area (Å²) in [5.41, 5.74) is 2.54. The molecule has 0 radical (unpaired) electrons. The van der Waals surface area contributed by atoms with Crippen LogP contribution < -0.4 is 5.32 Å². The van der Waals surface area contributed by atoms with Crippen LogP contribution in [0.15, 0.2) is 24.3 Å². The lowest BCUT2D eigenvalue weighted by molar-refractivity contribution is 0.161. The highest BCUT2D eigenvalue weighted by Crippen LogP contribution is 2.13. The molecule has 1 heterocycles. The number of anilines is 1. The molecule has 0 spiro atoms. The van der Waals surface area contributed by atoms with Gasteiger partial charge in [0, 0.05) is 31.4 Å². The summed E-state index contributed by atoms with van der Waals surface area (Å²) in [6.45, 7) is 5.98. The van der Waals surface area contributed by atoms with Crippen LogP contribution in [0.25, 0.3) is 0 Å². The highest BCUT2D eigenvalue weighted by atomic mass is 16.5. The molecule has 1 saturated heterocycles. The van der Waals surface area contributed by atoms with Crippen molar-refractivity contribution in [1.82, 2.24) is 4.90 Å². The Kier molecular flexibility index (Phi) is 4.40. The second-order valence-electron chi connectivity index (χ2n) is 4.74. The van der Waals surface area contributed by atoms with Crippen molar-refractivity contribution in [1.29, 1.82) is 0 Å². The van der Waals surface area contributed by atoms with Crippen LogP contribution in [0.5, 0.6) is 0 Å². The number of benzene rings is 1. The minimum Gasteiger partial charge on any atom is -0.384 e. The minimum absolute atomic E-state index is 0.605. The molecule has 17 heavy (non-hydrogen) atoms. The van der Waals surface area contributed by atoms with Crippen LogP contribution in [0.2, 0.25) is 0 Å². The molecular formula is C14H22N2O. The Morgan fingerprint density at radius 1 is 1.41 bits per heavy atom. The zero-order valence-corrected chi connectivity index (χ0v) is 10.8. The van der Waals surface area contributed by atoms with Crippen LogP contribution >= 0.6 is 0 Å². The number of aryl methyl sites for hydroxylation is 1. The lowest BCUT2D eigenvalue weighted by Gasteiger charge is -2.23. The third-order valence-electron chi connectivity index (χ3n) is 3.45. The molecule has 0 amide bonds. The smallest absolute Gasteiger partial charge is 0.0622 e. The third-order valence-corrected chi connectivity index (χ3v) is 3.45. The summed E-state index contributed by atoms with van der Waals surface area (Å²) < 4.78 is 5.40. The molecular weight excluding hydrogens is 212 g/mol. The Hall–Kier alpha value is -1.06. The molecule has 1 aromatic carbocycles. The van der Waals surface area contributed by atoms with Gasteiger partial charge in [-0.05, 0) is 32.0 Å². The molecule has 1 aromatic rings. The van der Waals surface area contributed by atoms with Crippen molar-refractivity contribution < 1.29 is 4.74 Å². The Morgan fingerprint density at radius 2 is 2.24 bits per heavy atom. The summed E-state index contributed by atoms with van der Waals surface area (Å²) in [6.07, 6.45) is 1.17. The number of ether oxygens (including phenoxy) is 1. The molecule has 0 saturated carbocycles. The van der Waals surface area contributed by atoms with Crippen molar-refractivity contribution in [3.8, 4) is 0 Å². The van der Waals surface area contributed by atoms with Crippen LogP contribution in [0.4, 0.5) is 5.69 Å². The average Bonchev–Trinajstić information content (AvgIpc) is 2.85. The predicted octanol–water partition coefficient (Wildman–Crippen LogP) is 2.13. The van der Waals surface area contributed by atoms with E-state index in [2.05, 4.69) is 48.5 Å². The van der Waals surface area contributed by atoms with E-state index in [4.69, 9.17) is 4.74 Å². The molecule has 1 unspecified atom stereocenters. The largest absolute Gasteiger partial charge is 0.384 e. The number of para-hydroxylation sites is 1. The molecule has 0 aliphatic carbocycles. The van der Waals surface area contributed by atoms with Gasteiger partial charge in [-0.25, -0.2) is 0 Å². The van der Waals surface area contributed by atoms with E-state index in [0.29, 0.717) is 6.04 Å². The lowest BCUT2D eigenvalue weighted by Crippen LogP contribution is -2.35. The van der Waals surface area contributed by atoms with Crippen LogP contribution in [0, 0.1) is 6.92 Å². The van der Waals surface area contributed by atoms with Gasteiger partial charge in [0.1, 0.15) is 0 Å². The monoisotopic (exact) mass is 234 g/mol. The van der Waals surface area contributed by atoms with Crippen LogP contribution in [-0.4, -0.2) is 44.3 Å². The highest BCUT2D eigenvalue weighted by molar-refractivity contribution is 5.50. The van der Waals surface area contributed by atoms with E-state index in [1.54, 1.807) is 0 Å². The fraction of sp³-hybridized carbons (Fsp3) is 0.571. The van der Waals surface area contributed by atoms with E-state index in [1.807, 2.05) is 0 Å². The van der Waals surface area contributed by atoms with Crippen molar-refractivity contribution in [2.24, 2.45) is 0 Å². The quantitative estimate of drug-likeness (QED) is 0.844. The van der Waals surface area contributed by atoms with Crippen molar-refractivity contribution in [3.63, 3.8) is 0 Å². The minimum atomic E-state index is 0.605. The van der Waals surface area contributed by atoms with E-state index in [9.17, 15) is 0 Å². The van der Waals surface area contributed by atoms with E-state index < -0.39 is 0 Å². The first-order chi connectivity index (χ1) is 8.27. The maximum atomic E-state index is 5.40. The Labute approximate surface area is 104 Å². The molecule has 0 bridgehead atoms. The molecule has 1 aliphatic rings. The SMILES string of the molecule is Cc1ccccc1NCCN(C)C1CCOC1. The first-order valence-electron chi connectivity index (χ1n) is 6.35. The number of nitrogens with one attached hydrogen (secondary N) is 1. The molecule has 1 aliphatic heterocycles. The summed E-state index contributed by atoms with van der Waals surface area (Å²) in [6, 6.07) is 9.02. The van der Waals surface area contributed by atoms with Gasteiger partial charge in [0.15, 0.2) is 0 Å². The number of rotatable bonds is 5. The first kappa shape index (κ1) is 12.4. The van der Waals surface area contributed by atoms with Gasteiger partial charge >= 0.3 is 0 Å². The van der Waals surface area contributed by atoms with Crippen molar-refractivity contribution in [3.05, 3.63) is 29.8 Å². The van der Waals surface area contributed by atoms with Gasteiger partial charge in [-0.2, -0.15) is 0 Å². The Balaban J connectivity index is 1.74. The van der Waals surface area contributed by atoms with Gasteiger partial charge in [0.2, 0.25) is 0 Å². The number of hydrogen-bond acceptors (Lipinski definition) is 3. The normalized spacial score (nSPS) is 19.8. The highest BCUT2D eigenvalue weighted by Gasteiger charge is 2.19. The van der Waals surface area contributed by atoms with E-state index in [1.165, 1.54) is 17.7 Å². The second-order valence-corrected chi connectivity index (χ2v) is 4.74. The summed E-state index contributed by atoms with van der Waals surface area (Å²) in [4.78, 5) is 2.39. The Morgan fingerprint density at radius 3 is 2.94 bits per heavy atom. The lowest BCUT2D eigenvalue weighted by atomic mass is 10.2. The molecule has 1 N–H and O–H groups in total. The molecule has 1 atom stereocenters. The van der Waals surface area contributed by atoms with Crippen molar-refractivity contribution in [2.45, 2.75) is 19.4 Å². The van der Waals surface area contributed by atoms with Crippen LogP contribution in [0.1, 0.15) is 12.0 Å². The number of likely N-dealkylation sites (N-methyl/N-ethyl adjacent to an activating group) is 1. The molecule has 94 valence electrons. The third kappa shape index (κ3) is 3.45. The Bertz CT molecular complexity index is 348. The maximum absolute atomic E-state index is 5.40. The van der Waals surface area contributed by atoms with Gasteiger partial charge in [-0.15, -0.1) is 0 Å². The average molecular weight is 234 g/mol. The zero-order valence-electron chi connectivity index (χ0n) is 10.8. The van der Waals surface area contributed by atoms with Gasteiger partial charge in [0.25, 0.3) is 0 Å². The van der Waals surface area contributed by atoms with Crippen LogP contribution in [0.3, 0.4) is 0 Å². The summed E-state index contributed by atoms with van der Waals surface area (Å²) in [5, 5.41) is 3.48. The van der Waals surface area contributed by atoms with Gasteiger partial charge < -0.3 is 10.1 Å². The van der Waals surface area contributed by atoms with Gasteiger partial charge in [0.05, 0.1) is 6.61 Å². The molecule has 3 nitrogen and oxygen atoms in total. The standard InChI is InChI=1S/C14H22N2O/c1-12-5-3-4-6-14(12)15-8-9-16(2)13-7-10-17-11-13/h3-6,13,15H,7-11H2,1-2H3. The fourth-order valence-corrected chi connectivity index (χ4v) is 2.19. The topological polar surface area (TPSA) is 24.5 Å². The molecule has 3 heteroatoms. The maximum Gasteiger partial charge on any atom is 0.0622 e. The second kappa shape index (κ2) is 6.03. The first-order valence-corrected chi connectivity index (χ1v) is 6.35. The predicted molar refractivity (Wildman–Crippen MR) is 71.5 cm³/mol. The van der Waals surface area contributed by atoms with Crippen LogP contribution in [-0.2, 0) is 4.74 Å². The summed E-state index contributed by atoms with van der Waals surface area (Å²) >= 11 is 0. The number of nitrogens with zero attached hydrogens (tertiary/aromatic N) is 1.